The molecular formula is C11H17F2NO4. The molecule has 1 rings (SSSR count). The molecule has 0 heterocycles. The van der Waals surface area contributed by atoms with Crippen molar-refractivity contribution in [3.05, 3.63) is 0 Å². The van der Waals surface area contributed by atoms with Crippen LogP contribution in [0.3, 0.4) is 0 Å². The fourth-order valence-corrected chi connectivity index (χ4v) is 1.43. The Balaban J connectivity index is 2.72. The fourth-order valence-electron chi connectivity index (χ4n) is 1.43. The summed E-state index contributed by atoms with van der Waals surface area (Å²) in [4.78, 5) is 22.9. The van der Waals surface area contributed by atoms with Crippen molar-refractivity contribution in [3.63, 3.8) is 0 Å². The van der Waals surface area contributed by atoms with Crippen LogP contribution in [-0.4, -0.2) is 35.7 Å². The molecule has 0 aromatic rings. The molecule has 0 bridgehead atoms. The van der Waals surface area contributed by atoms with Crippen LogP contribution in [0.4, 0.5) is 13.6 Å². The van der Waals surface area contributed by atoms with Gasteiger partial charge in [0.1, 0.15) is 5.60 Å². The first kappa shape index (κ1) is 14.7. The normalized spacial score (nSPS) is 25.2. The zero-order valence-corrected chi connectivity index (χ0v) is 10.8. The van der Waals surface area contributed by atoms with Gasteiger partial charge < -0.3 is 9.47 Å². The zero-order chi connectivity index (χ0) is 14.2. The molecule has 1 amide bonds. The Morgan fingerprint density at radius 1 is 1.33 bits per heavy atom. The average Bonchev–Trinajstić information content (AvgIpc) is 2.66. The molecule has 1 aliphatic carbocycles. The minimum atomic E-state index is -3.30. The molecule has 1 saturated carbocycles. The second kappa shape index (κ2) is 4.37. The number of nitrogens with one attached hydrogen (secondary N) is 1. The maximum absolute atomic E-state index is 13.2. The van der Waals surface area contributed by atoms with E-state index in [1.54, 1.807) is 20.8 Å². The molecule has 0 aliphatic heterocycles. The summed E-state index contributed by atoms with van der Waals surface area (Å²) in [5.41, 5.74) is -3.10. The van der Waals surface area contributed by atoms with Crippen LogP contribution < -0.4 is 5.32 Å². The molecule has 1 N–H and O–H groups in total. The van der Waals surface area contributed by atoms with Crippen LogP contribution in [0.1, 0.15) is 34.1 Å². The zero-order valence-electron chi connectivity index (χ0n) is 10.8. The van der Waals surface area contributed by atoms with Crippen LogP contribution in [0.15, 0.2) is 0 Å². The molecule has 1 aliphatic rings. The Kier molecular flexibility index (Phi) is 3.56. The lowest BCUT2D eigenvalue weighted by molar-refractivity contribution is -0.150. The number of alkyl carbamates (subject to hydrolysis) is 1. The molecule has 0 spiro atoms. The molecule has 104 valence electrons. The maximum Gasteiger partial charge on any atom is 0.408 e. The molecule has 0 aromatic carbocycles. The number of esters is 1. The Morgan fingerprint density at radius 2 is 1.83 bits per heavy atom. The highest BCUT2D eigenvalue weighted by Crippen LogP contribution is 2.53. The Labute approximate surface area is 104 Å². The molecular weight excluding hydrogens is 248 g/mol. The number of alkyl halides is 2. The summed E-state index contributed by atoms with van der Waals surface area (Å²) in [6, 6.07) is 0. The smallest absolute Gasteiger partial charge is 0.408 e. The van der Waals surface area contributed by atoms with Gasteiger partial charge in [0, 0.05) is 0 Å². The summed E-state index contributed by atoms with van der Waals surface area (Å²) in [6.07, 6.45) is -1.83. The number of carbonyl (C=O) groups is 2. The average molecular weight is 265 g/mol. The summed E-state index contributed by atoms with van der Waals surface area (Å²) in [5, 5.41) is 1.91. The number of hydrogen-bond donors (Lipinski definition) is 1. The maximum atomic E-state index is 13.2. The quantitative estimate of drug-likeness (QED) is 0.791. The van der Waals surface area contributed by atoms with Crippen molar-refractivity contribution >= 4 is 12.1 Å². The molecule has 0 saturated heterocycles. The minimum absolute atomic E-state index is 0.0351. The number of amides is 1. The summed E-state index contributed by atoms with van der Waals surface area (Å²) >= 11 is 0. The third kappa shape index (κ3) is 2.88. The number of ether oxygens (including phenoxy) is 2. The van der Waals surface area contributed by atoms with Crippen molar-refractivity contribution in [2.45, 2.75) is 51.2 Å². The predicted molar refractivity (Wildman–Crippen MR) is 58.3 cm³/mol. The monoisotopic (exact) mass is 265 g/mol. The molecule has 1 unspecified atom stereocenters. The number of hydrogen-bond acceptors (Lipinski definition) is 4. The van der Waals surface area contributed by atoms with Gasteiger partial charge in [0.25, 0.3) is 5.92 Å². The van der Waals surface area contributed by atoms with Gasteiger partial charge in [-0.3, -0.25) is 5.32 Å². The first-order chi connectivity index (χ1) is 8.04. The Morgan fingerprint density at radius 3 is 2.17 bits per heavy atom. The standard InChI is InChI=1S/C11H17F2NO4/c1-5-17-7(15)10(6-11(10,12)13)14-8(16)18-9(2,3)4/h5-6H2,1-4H3,(H,14,16). The van der Waals surface area contributed by atoms with E-state index in [2.05, 4.69) is 4.74 Å². The first-order valence-electron chi connectivity index (χ1n) is 5.60. The highest BCUT2D eigenvalue weighted by atomic mass is 19.3. The van der Waals surface area contributed by atoms with Crippen LogP contribution in [0, 0.1) is 0 Å². The van der Waals surface area contributed by atoms with Crippen molar-refractivity contribution in [3.8, 4) is 0 Å². The fraction of sp³-hybridized carbons (Fsp3) is 0.818. The van der Waals surface area contributed by atoms with Gasteiger partial charge in [-0.15, -0.1) is 0 Å². The van der Waals surface area contributed by atoms with Crippen molar-refractivity contribution in [1.29, 1.82) is 0 Å². The second-order valence-corrected chi connectivity index (χ2v) is 5.13. The molecule has 1 fully saturated rings. The predicted octanol–water partition coefficient (Wildman–Crippen LogP) is 1.85. The van der Waals surface area contributed by atoms with Crippen LogP contribution >= 0.6 is 0 Å². The van der Waals surface area contributed by atoms with Gasteiger partial charge in [-0.1, -0.05) is 0 Å². The van der Waals surface area contributed by atoms with Gasteiger partial charge in [0.05, 0.1) is 13.0 Å². The lowest BCUT2D eigenvalue weighted by atomic mass is 10.2. The summed E-state index contributed by atoms with van der Waals surface area (Å²) in [7, 11) is 0. The highest BCUT2D eigenvalue weighted by Gasteiger charge is 2.78. The molecule has 5 nitrogen and oxygen atoms in total. The van der Waals surface area contributed by atoms with E-state index >= 15 is 0 Å². The Hall–Kier alpha value is -1.40. The van der Waals surface area contributed by atoms with E-state index in [4.69, 9.17) is 4.74 Å². The number of rotatable bonds is 3. The third-order valence-corrected chi connectivity index (χ3v) is 2.32. The van der Waals surface area contributed by atoms with E-state index in [9.17, 15) is 18.4 Å². The van der Waals surface area contributed by atoms with Crippen molar-refractivity contribution < 1.29 is 27.8 Å². The van der Waals surface area contributed by atoms with Crippen molar-refractivity contribution in [2.75, 3.05) is 6.61 Å². The topological polar surface area (TPSA) is 64.6 Å². The molecule has 18 heavy (non-hydrogen) atoms. The SMILES string of the molecule is CCOC(=O)C1(NC(=O)OC(C)(C)C)CC1(F)F. The van der Waals surface area contributed by atoms with Crippen LogP contribution in [0.2, 0.25) is 0 Å². The number of halogens is 2. The van der Waals surface area contributed by atoms with E-state index in [1.165, 1.54) is 6.92 Å². The summed E-state index contributed by atoms with van der Waals surface area (Å²) < 4.78 is 35.9. The highest BCUT2D eigenvalue weighted by molar-refractivity contribution is 5.91. The van der Waals surface area contributed by atoms with Crippen LogP contribution in [0.5, 0.6) is 0 Å². The van der Waals surface area contributed by atoms with Crippen LogP contribution in [-0.2, 0) is 14.3 Å². The third-order valence-electron chi connectivity index (χ3n) is 2.32. The molecule has 1 atom stereocenters. The van der Waals surface area contributed by atoms with E-state index in [1.807, 2.05) is 5.32 Å². The van der Waals surface area contributed by atoms with Gasteiger partial charge in [-0.05, 0) is 27.7 Å². The van der Waals surface area contributed by atoms with E-state index < -0.39 is 35.5 Å². The Bertz CT molecular complexity index is 365. The first-order valence-corrected chi connectivity index (χ1v) is 5.60. The lowest BCUT2D eigenvalue weighted by Gasteiger charge is -2.22. The van der Waals surface area contributed by atoms with Gasteiger partial charge in [-0.2, -0.15) is 0 Å². The van der Waals surface area contributed by atoms with Crippen molar-refractivity contribution in [2.24, 2.45) is 0 Å². The molecule has 0 aromatic heterocycles. The molecule has 0 radical (unpaired) electrons. The molecule has 7 heteroatoms. The van der Waals surface area contributed by atoms with Gasteiger partial charge >= 0.3 is 12.1 Å². The van der Waals surface area contributed by atoms with E-state index in [0.29, 0.717) is 0 Å². The van der Waals surface area contributed by atoms with E-state index in [0.717, 1.165) is 0 Å². The summed E-state index contributed by atoms with van der Waals surface area (Å²) in [5.74, 6) is -4.43. The largest absolute Gasteiger partial charge is 0.464 e. The lowest BCUT2D eigenvalue weighted by Crippen LogP contribution is -2.50. The minimum Gasteiger partial charge on any atom is -0.464 e. The number of carbonyl (C=O) groups excluding carboxylic acids is 2. The van der Waals surface area contributed by atoms with Crippen LogP contribution in [0.25, 0.3) is 0 Å². The van der Waals surface area contributed by atoms with E-state index in [-0.39, 0.29) is 6.61 Å². The van der Waals surface area contributed by atoms with Gasteiger partial charge in [-0.25, -0.2) is 18.4 Å². The summed E-state index contributed by atoms with van der Waals surface area (Å²) in [6.45, 7) is 6.24. The van der Waals surface area contributed by atoms with Gasteiger partial charge in [0.2, 0.25) is 5.54 Å². The van der Waals surface area contributed by atoms with Gasteiger partial charge in [0.15, 0.2) is 0 Å². The second-order valence-electron chi connectivity index (χ2n) is 5.13. The van der Waals surface area contributed by atoms with Crippen molar-refractivity contribution in [1.82, 2.24) is 5.32 Å².